The van der Waals surface area contributed by atoms with Gasteiger partial charge < -0.3 is 20.9 Å². The first-order valence-electron chi connectivity index (χ1n) is 4.26. The zero-order chi connectivity index (χ0) is 11.1. The van der Waals surface area contributed by atoms with E-state index >= 15 is 0 Å². The van der Waals surface area contributed by atoms with Crippen molar-refractivity contribution in [2.24, 2.45) is 5.73 Å². The highest BCUT2D eigenvalue weighted by Crippen LogP contribution is 1.95. The lowest BCUT2D eigenvalue weighted by Gasteiger charge is -2.14. The number of amides is 1. The molecule has 1 amide bonds. The van der Waals surface area contributed by atoms with Gasteiger partial charge in [0.15, 0.2) is 0 Å². The molecule has 2 atom stereocenters. The van der Waals surface area contributed by atoms with Gasteiger partial charge in [0.25, 0.3) is 0 Å². The molecule has 14 heavy (non-hydrogen) atoms. The molecule has 0 aliphatic carbocycles. The summed E-state index contributed by atoms with van der Waals surface area (Å²) in [6.07, 6.45) is -0.291. The molecule has 0 rings (SSSR count). The third-order valence-corrected chi connectivity index (χ3v) is 1.76. The molecule has 0 heterocycles. The van der Waals surface area contributed by atoms with Gasteiger partial charge >= 0.3 is 5.97 Å². The number of hydrogen-bond donors (Lipinski definition) is 3. The van der Waals surface area contributed by atoms with E-state index in [-0.39, 0.29) is 25.0 Å². The molecular formula is C8H16N2O4. The highest BCUT2D eigenvalue weighted by molar-refractivity contribution is 5.83. The molecule has 6 heteroatoms. The van der Waals surface area contributed by atoms with Crippen molar-refractivity contribution in [2.75, 3.05) is 13.7 Å². The molecule has 0 radical (unpaired) electrons. The fourth-order valence-electron chi connectivity index (χ4n) is 0.832. The Kier molecular flexibility index (Phi) is 5.82. The number of carboxylic acid groups (broad SMARTS) is 1. The fourth-order valence-corrected chi connectivity index (χ4v) is 0.832. The van der Waals surface area contributed by atoms with Crippen LogP contribution < -0.4 is 11.1 Å². The maximum Gasteiger partial charge on any atom is 0.325 e. The van der Waals surface area contributed by atoms with Gasteiger partial charge in [-0.15, -0.1) is 0 Å². The summed E-state index contributed by atoms with van der Waals surface area (Å²) in [5.74, 6) is -1.45. The zero-order valence-electron chi connectivity index (χ0n) is 8.32. The molecule has 6 nitrogen and oxygen atoms in total. The van der Waals surface area contributed by atoms with Crippen LogP contribution in [0, 0.1) is 0 Å². The minimum absolute atomic E-state index is 0.0740. The number of nitrogens with one attached hydrogen (secondary N) is 1. The Morgan fingerprint density at radius 3 is 2.50 bits per heavy atom. The van der Waals surface area contributed by atoms with Crippen molar-refractivity contribution in [2.45, 2.75) is 25.5 Å². The molecule has 82 valence electrons. The molecule has 0 bridgehead atoms. The Morgan fingerprint density at radius 2 is 2.14 bits per heavy atom. The fraction of sp³-hybridized carbons (Fsp3) is 0.750. The summed E-state index contributed by atoms with van der Waals surface area (Å²) in [5, 5.41) is 10.8. The van der Waals surface area contributed by atoms with Crippen LogP contribution in [-0.4, -0.2) is 42.8 Å². The van der Waals surface area contributed by atoms with E-state index in [0.717, 1.165) is 0 Å². The molecular weight excluding hydrogens is 188 g/mol. The highest BCUT2D eigenvalue weighted by Gasteiger charge is 2.16. The summed E-state index contributed by atoms with van der Waals surface area (Å²) >= 11 is 0. The van der Waals surface area contributed by atoms with Crippen LogP contribution in [0.3, 0.4) is 0 Å². The van der Waals surface area contributed by atoms with E-state index < -0.39 is 12.0 Å². The molecule has 0 aromatic carbocycles. The summed E-state index contributed by atoms with van der Waals surface area (Å²) in [5.41, 5.74) is 5.30. The molecule has 0 saturated carbocycles. The average molecular weight is 204 g/mol. The smallest absolute Gasteiger partial charge is 0.325 e. The summed E-state index contributed by atoms with van der Waals surface area (Å²) in [4.78, 5) is 21.6. The third-order valence-electron chi connectivity index (χ3n) is 1.76. The van der Waals surface area contributed by atoms with Gasteiger partial charge in [-0.05, 0) is 6.92 Å². The standard InChI is InChI=1S/C8H16N2O4/c1-5(8(12)13)10-7(11)3-6(4-9)14-2/h5-6H,3-4,9H2,1-2H3,(H,10,11)(H,12,13)/t5-,6?/m1/s1. The van der Waals surface area contributed by atoms with Gasteiger partial charge in [-0.2, -0.15) is 0 Å². The Morgan fingerprint density at radius 1 is 1.57 bits per heavy atom. The van der Waals surface area contributed by atoms with Crippen LogP contribution >= 0.6 is 0 Å². The summed E-state index contributed by atoms with van der Waals surface area (Å²) in [6.45, 7) is 1.62. The summed E-state index contributed by atoms with van der Waals surface area (Å²) in [7, 11) is 1.45. The Balaban J connectivity index is 3.91. The van der Waals surface area contributed by atoms with Crippen LogP contribution in [0.15, 0.2) is 0 Å². The first-order chi connectivity index (χ1) is 6.51. The van der Waals surface area contributed by atoms with E-state index in [0.29, 0.717) is 0 Å². The first-order valence-corrected chi connectivity index (χ1v) is 4.26. The molecule has 4 N–H and O–H groups in total. The van der Waals surface area contributed by atoms with E-state index in [1.165, 1.54) is 14.0 Å². The second kappa shape index (κ2) is 6.33. The number of carbonyl (C=O) groups is 2. The second-order valence-electron chi connectivity index (χ2n) is 2.92. The zero-order valence-corrected chi connectivity index (χ0v) is 8.32. The van der Waals surface area contributed by atoms with Crippen molar-refractivity contribution in [1.29, 1.82) is 0 Å². The van der Waals surface area contributed by atoms with Crippen molar-refractivity contribution in [3.05, 3.63) is 0 Å². The van der Waals surface area contributed by atoms with Crippen molar-refractivity contribution >= 4 is 11.9 Å². The molecule has 0 aliphatic heterocycles. The predicted octanol–water partition coefficient (Wildman–Crippen LogP) is -1.06. The van der Waals surface area contributed by atoms with Crippen molar-refractivity contribution in [3.63, 3.8) is 0 Å². The maximum absolute atomic E-state index is 11.2. The molecule has 0 saturated heterocycles. The van der Waals surface area contributed by atoms with Gasteiger partial charge in [0.2, 0.25) is 5.91 Å². The Labute approximate surface area is 82.4 Å². The minimum atomic E-state index is -1.07. The normalized spacial score (nSPS) is 14.5. The first kappa shape index (κ1) is 12.9. The van der Waals surface area contributed by atoms with Crippen molar-refractivity contribution < 1.29 is 19.4 Å². The molecule has 0 spiro atoms. The largest absolute Gasteiger partial charge is 0.480 e. The number of carbonyl (C=O) groups excluding carboxylic acids is 1. The quantitative estimate of drug-likeness (QED) is 0.512. The van der Waals surface area contributed by atoms with E-state index in [9.17, 15) is 9.59 Å². The van der Waals surface area contributed by atoms with E-state index in [2.05, 4.69) is 5.32 Å². The van der Waals surface area contributed by atoms with Crippen LogP contribution in [0.4, 0.5) is 0 Å². The van der Waals surface area contributed by atoms with Gasteiger partial charge in [-0.25, -0.2) is 0 Å². The van der Waals surface area contributed by atoms with Gasteiger partial charge in [0.1, 0.15) is 6.04 Å². The van der Waals surface area contributed by atoms with Crippen LogP contribution in [0.1, 0.15) is 13.3 Å². The Hall–Kier alpha value is -1.14. The van der Waals surface area contributed by atoms with E-state index in [1.54, 1.807) is 0 Å². The number of nitrogens with two attached hydrogens (primary N) is 1. The van der Waals surface area contributed by atoms with Crippen molar-refractivity contribution in [1.82, 2.24) is 5.32 Å². The average Bonchev–Trinajstić information content (AvgIpc) is 2.13. The maximum atomic E-state index is 11.2. The van der Waals surface area contributed by atoms with Crippen molar-refractivity contribution in [3.8, 4) is 0 Å². The molecule has 0 aromatic rings. The number of aliphatic carboxylic acids is 1. The molecule has 0 aromatic heterocycles. The number of carboxylic acids is 1. The molecule has 1 unspecified atom stereocenters. The predicted molar refractivity (Wildman–Crippen MR) is 49.7 cm³/mol. The molecule has 0 fully saturated rings. The summed E-state index contributed by atoms with van der Waals surface area (Å²) in [6, 6.07) is -0.891. The lowest BCUT2D eigenvalue weighted by atomic mass is 10.2. The van der Waals surface area contributed by atoms with Crippen LogP contribution in [-0.2, 0) is 14.3 Å². The number of hydrogen-bond acceptors (Lipinski definition) is 4. The van der Waals surface area contributed by atoms with E-state index in [4.69, 9.17) is 15.6 Å². The molecule has 0 aliphatic rings. The topological polar surface area (TPSA) is 102 Å². The van der Waals surface area contributed by atoms with Gasteiger partial charge in [-0.3, -0.25) is 9.59 Å². The number of methoxy groups -OCH3 is 1. The number of rotatable bonds is 6. The lowest BCUT2D eigenvalue weighted by Crippen LogP contribution is -2.40. The van der Waals surface area contributed by atoms with Gasteiger partial charge in [-0.1, -0.05) is 0 Å². The lowest BCUT2D eigenvalue weighted by molar-refractivity contribution is -0.141. The Bertz CT molecular complexity index is 204. The SMILES string of the molecule is COC(CN)CC(=O)N[C@H](C)C(=O)O. The minimum Gasteiger partial charge on any atom is -0.480 e. The van der Waals surface area contributed by atoms with Crippen LogP contribution in [0.2, 0.25) is 0 Å². The monoisotopic (exact) mass is 204 g/mol. The number of ether oxygens (including phenoxy) is 1. The van der Waals surface area contributed by atoms with Crippen LogP contribution in [0.25, 0.3) is 0 Å². The van der Waals surface area contributed by atoms with Crippen LogP contribution in [0.5, 0.6) is 0 Å². The van der Waals surface area contributed by atoms with E-state index in [1.807, 2.05) is 0 Å². The summed E-state index contributed by atoms with van der Waals surface area (Å²) < 4.78 is 4.88. The van der Waals surface area contributed by atoms with Gasteiger partial charge in [0, 0.05) is 13.7 Å². The third kappa shape index (κ3) is 4.78. The highest BCUT2D eigenvalue weighted by atomic mass is 16.5. The van der Waals surface area contributed by atoms with Gasteiger partial charge in [0.05, 0.1) is 12.5 Å². The second-order valence-corrected chi connectivity index (χ2v) is 2.92.